The molecular formula is C31H32N2O5. The lowest BCUT2D eigenvalue weighted by Gasteiger charge is -2.21. The molecular weight excluding hydrogens is 480 g/mol. The molecule has 1 aromatic heterocycles. The first kappa shape index (κ1) is 25.4. The quantitative estimate of drug-likeness (QED) is 0.219. The van der Waals surface area contributed by atoms with E-state index in [0.29, 0.717) is 37.8 Å². The van der Waals surface area contributed by atoms with Gasteiger partial charge in [-0.15, -0.1) is 0 Å². The molecule has 1 saturated carbocycles. The van der Waals surface area contributed by atoms with Crippen molar-refractivity contribution in [2.75, 3.05) is 13.2 Å². The summed E-state index contributed by atoms with van der Waals surface area (Å²) in [4.78, 5) is 19.2. The predicted octanol–water partition coefficient (Wildman–Crippen LogP) is 6.83. The van der Waals surface area contributed by atoms with Crippen molar-refractivity contribution in [2.24, 2.45) is 0 Å². The summed E-state index contributed by atoms with van der Waals surface area (Å²) >= 11 is 0. The van der Waals surface area contributed by atoms with Gasteiger partial charge in [-0.05, 0) is 68.7 Å². The Morgan fingerprint density at radius 2 is 1.74 bits per heavy atom. The van der Waals surface area contributed by atoms with Crippen LogP contribution in [0.1, 0.15) is 36.8 Å². The van der Waals surface area contributed by atoms with Crippen molar-refractivity contribution in [1.29, 1.82) is 0 Å². The van der Waals surface area contributed by atoms with Crippen molar-refractivity contribution < 1.29 is 23.4 Å². The minimum Gasteiger partial charge on any atom is -0.493 e. The largest absolute Gasteiger partial charge is 0.493 e. The normalized spacial score (nSPS) is 12.7. The van der Waals surface area contributed by atoms with E-state index in [4.69, 9.17) is 18.6 Å². The zero-order chi connectivity index (χ0) is 26.3. The number of hydrogen-bond donors (Lipinski definition) is 0. The van der Waals surface area contributed by atoms with Gasteiger partial charge in [0.15, 0.2) is 0 Å². The van der Waals surface area contributed by atoms with E-state index in [1.807, 2.05) is 80.6 Å². The summed E-state index contributed by atoms with van der Waals surface area (Å²) < 4.78 is 23.3. The molecule has 1 aliphatic rings. The van der Waals surface area contributed by atoms with Gasteiger partial charge in [-0.1, -0.05) is 36.4 Å². The molecule has 196 valence electrons. The van der Waals surface area contributed by atoms with Crippen LogP contribution in [-0.2, 0) is 13.0 Å². The predicted molar refractivity (Wildman–Crippen MR) is 145 cm³/mol. The molecule has 7 nitrogen and oxygen atoms in total. The van der Waals surface area contributed by atoms with Gasteiger partial charge >= 0.3 is 6.09 Å². The summed E-state index contributed by atoms with van der Waals surface area (Å²) in [6.07, 6.45) is 2.66. The van der Waals surface area contributed by atoms with Gasteiger partial charge in [-0.3, -0.25) is 0 Å². The standard InChI is InChI=1S/C31H32N2O5/c1-3-33(31(34)38-28-14-8-13-27(20-28)37-25-15-16-25)21-23-9-7-12-26(19-23)35-18-17-29-22(2)36-30(32-29)24-10-5-4-6-11-24/h4-14,19-20,25H,3,15-18,21H2,1-2H3. The van der Waals surface area contributed by atoms with Gasteiger partial charge < -0.3 is 23.5 Å². The Hall–Kier alpha value is -4.26. The first-order valence-corrected chi connectivity index (χ1v) is 13.0. The van der Waals surface area contributed by atoms with Crippen LogP contribution in [0.3, 0.4) is 0 Å². The zero-order valence-electron chi connectivity index (χ0n) is 21.8. The van der Waals surface area contributed by atoms with Crippen LogP contribution in [-0.4, -0.2) is 35.2 Å². The molecule has 0 unspecified atom stereocenters. The van der Waals surface area contributed by atoms with Gasteiger partial charge in [-0.2, -0.15) is 0 Å². The second-order valence-corrected chi connectivity index (χ2v) is 9.31. The van der Waals surface area contributed by atoms with Crippen LogP contribution in [0.5, 0.6) is 17.2 Å². The van der Waals surface area contributed by atoms with Crippen LogP contribution in [0.2, 0.25) is 0 Å². The lowest BCUT2D eigenvalue weighted by atomic mass is 10.2. The number of carbonyl (C=O) groups is 1. The first-order chi connectivity index (χ1) is 18.6. The molecule has 0 radical (unpaired) electrons. The van der Waals surface area contributed by atoms with Crippen LogP contribution in [0.25, 0.3) is 11.5 Å². The highest BCUT2D eigenvalue weighted by atomic mass is 16.6. The summed E-state index contributed by atoms with van der Waals surface area (Å²) in [5, 5.41) is 0. The van der Waals surface area contributed by atoms with Crippen molar-refractivity contribution in [2.45, 2.75) is 45.8 Å². The van der Waals surface area contributed by atoms with E-state index in [1.54, 1.807) is 17.0 Å². The molecule has 1 amide bonds. The fourth-order valence-corrected chi connectivity index (χ4v) is 4.04. The number of oxazole rings is 1. The molecule has 7 heteroatoms. The number of aromatic nitrogens is 1. The number of nitrogens with zero attached hydrogens (tertiary/aromatic N) is 2. The molecule has 0 bridgehead atoms. The van der Waals surface area contributed by atoms with Crippen LogP contribution in [0.15, 0.2) is 83.3 Å². The maximum atomic E-state index is 12.9. The maximum Gasteiger partial charge on any atom is 0.415 e. The van der Waals surface area contributed by atoms with Crippen LogP contribution in [0, 0.1) is 6.92 Å². The van der Waals surface area contributed by atoms with Crippen molar-refractivity contribution >= 4 is 6.09 Å². The molecule has 1 aliphatic carbocycles. The number of hydrogen-bond acceptors (Lipinski definition) is 6. The van der Waals surface area contributed by atoms with E-state index < -0.39 is 6.09 Å². The highest BCUT2D eigenvalue weighted by Crippen LogP contribution is 2.29. The van der Waals surface area contributed by atoms with Gasteiger partial charge in [0.25, 0.3) is 0 Å². The molecule has 0 aliphatic heterocycles. The summed E-state index contributed by atoms with van der Waals surface area (Å²) in [7, 11) is 0. The second-order valence-electron chi connectivity index (χ2n) is 9.31. The number of rotatable bonds is 11. The average molecular weight is 513 g/mol. The molecule has 1 heterocycles. The second kappa shape index (κ2) is 11.9. The summed E-state index contributed by atoms with van der Waals surface area (Å²) in [5.74, 6) is 3.35. The Morgan fingerprint density at radius 1 is 0.974 bits per heavy atom. The summed E-state index contributed by atoms with van der Waals surface area (Å²) in [6, 6.07) is 24.9. The van der Waals surface area contributed by atoms with Gasteiger partial charge in [0.2, 0.25) is 5.89 Å². The van der Waals surface area contributed by atoms with Gasteiger partial charge in [0, 0.05) is 31.1 Å². The average Bonchev–Trinajstić information content (AvgIpc) is 3.67. The molecule has 5 rings (SSSR count). The van der Waals surface area contributed by atoms with Crippen molar-refractivity contribution in [1.82, 2.24) is 9.88 Å². The smallest absolute Gasteiger partial charge is 0.415 e. The third-order valence-electron chi connectivity index (χ3n) is 6.27. The first-order valence-electron chi connectivity index (χ1n) is 13.0. The van der Waals surface area contributed by atoms with Crippen LogP contribution in [0.4, 0.5) is 4.79 Å². The molecule has 0 atom stereocenters. The monoisotopic (exact) mass is 512 g/mol. The summed E-state index contributed by atoms with van der Waals surface area (Å²) in [6.45, 7) is 5.23. The number of carbonyl (C=O) groups excluding carboxylic acids is 1. The third-order valence-corrected chi connectivity index (χ3v) is 6.27. The Kier molecular flexibility index (Phi) is 7.92. The molecule has 0 saturated heterocycles. The molecule has 0 spiro atoms. The minimum absolute atomic E-state index is 0.286. The maximum absolute atomic E-state index is 12.9. The van der Waals surface area contributed by atoms with Crippen molar-refractivity contribution in [3.8, 4) is 28.7 Å². The van der Waals surface area contributed by atoms with Gasteiger partial charge in [0.1, 0.15) is 23.0 Å². The topological polar surface area (TPSA) is 74.0 Å². The molecule has 38 heavy (non-hydrogen) atoms. The van der Waals surface area contributed by atoms with E-state index in [1.165, 1.54) is 0 Å². The van der Waals surface area contributed by atoms with E-state index in [9.17, 15) is 4.79 Å². The van der Waals surface area contributed by atoms with Crippen molar-refractivity contribution in [3.05, 3.63) is 95.9 Å². The van der Waals surface area contributed by atoms with Gasteiger partial charge in [-0.25, -0.2) is 9.78 Å². The molecule has 4 aromatic rings. The Morgan fingerprint density at radius 3 is 2.53 bits per heavy atom. The Balaban J connectivity index is 1.15. The van der Waals surface area contributed by atoms with Crippen LogP contribution < -0.4 is 14.2 Å². The van der Waals surface area contributed by atoms with Crippen LogP contribution >= 0.6 is 0 Å². The Labute approximate surface area is 223 Å². The van der Waals surface area contributed by atoms with E-state index in [2.05, 4.69) is 4.98 Å². The van der Waals surface area contributed by atoms with E-state index in [0.717, 1.165) is 46.9 Å². The van der Waals surface area contributed by atoms with E-state index in [-0.39, 0.29) is 6.10 Å². The van der Waals surface area contributed by atoms with Crippen molar-refractivity contribution in [3.63, 3.8) is 0 Å². The minimum atomic E-state index is -0.405. The number of amides is 1. The van der Waals surface area contributed by atoms with Gasteiger partial charge in [0.05, 0.1) is 18.4 Å². The lowest BCUT2D eigenvalue weighted by molar-refractivity contribution is 0.152. The zero-order valence-corrected chi connectivity index (χ0v) is 21.8. The summed E-state index contributed by atoms with van der Waals surface area (Å²) in [5.41, 5.74) is 2.79. The third kappa shape index (κ3) is 6.73. The SMILES string of the molecule is CCN(Cc1cccc(OCCc2nc(-c3ccccc3)oc2C)c1)C(=O)Oc1cccc(OC2CC2)c1. The molecule has 0 N–H and O–H groups in total. The van der Waals surface area contributed by atoms with E-state index >= 15 is 0 Å². The molecule has 3 aromatic carbocycles. The number of ether oxygens (including phenoxy) is 3. The fraction of sp³-hybridized carbons (Fsp3) is 0.290. The fourth-order valence-electron chi connectivity index (χ4n) is 4.04. The molecule has 1 fully saturated rings. The number of benzene rings is 3. The highest BCUT2D eigenvalue weighted by Gasteiger charge is 2.24. The lowest BCUT2D eigenvalue weighted by Crippen LogP contribution is -2.32. The highest BCUT2D eigenvalue weighted by molar-refractivity contribution is 5.71. The Bertz CT molecular complexity index is 1360. The number of aryl methyl sites for hydroxylation is 1.